The number of hydrogen-bond donors (Lipinski definition) is 1. The van der Waals surface area contributed by atoms with Gasteiger partial charge in [0.1, 0.15) is 15.6 Å². The Morgan fingerprint density at radius 1 is 1.35 bits per heavy atom. The number of sulfone groups is 1. The van der Waals surface area contributed by atoms with Crippen molar-refractivity contribution in [1.82, 2.24) is 0 Å². The first-order valence-corrected chi connectivity index (χ1v) is 7.46. The van der Waals surface area contributed by atoms with Crippen LogP contribution in [0.3, 0.4) is 0 Å². The van der Waals surface area contributed by atoms with E-state index >= 15 is 0 Å². The minimum Gasteiger partial charge on any atom is -0.491 e. The molecule has 1 aromatic carbocycles. The predicted molar refractivity (Wildman–Crippen MR) is 70.0 cm³/mol. The molecule has 2 N–H and O–H groups in total. The molecule has 0 fully saturated rings. The average Bonchev–Trinajstić information content (AvgIpc) is 2.27. The maximum Gasteiger partial charge on any atom is 0.150 e. The van der Waals surface area contributed by atoms with Crippen LogP contribution in [-0.4, -0.2) is 26.5 Å². The first-order chi connectivity index (χ1) is 7.94. The Hall–Kier alpha value is -1.23. The van der Waals surface area contributed by atoms with Gasteiger partial charge in [0.05, 0.1) is 18.0 Å². The molecule has 0 atom stereocenters. The largest absolute Gasteiger partial charge is 0.491 e. The van der Waals surface area contributed by atoms with E-state index in [1.165, 1.54) is 0 Å². The van der Waals surface area contributed by atoms with Gasteiger partial charge in [0.2, 0.25) is 0 Å². The summed E-state index contributed by atoms with van der Waals surface area (Å²) in [5.74, 6) is 0.957. The van der Waals surface area contributed by atoms with Gasteiger partial charge >= 0.3 is 0 Å². The summed E-state index contributed by atoms with van der Waals surface area (Å²) in [6, 6.07) is 5.55. The van der Waals surface area contributed by atoms with Crippen LogP contribution in [0.2, 0.25) is 0 Å². The van der Waals surface area contributed by atoms with Crippen molar-refractivity contribution < 1.29 is 13.2 Å². The Bertz CT molecular complexity index is 469. The Labute approximate surface area is 103 Å². The van der Waals surface area contributed by atoms with Crippen LogP contribution in [0.4, 0.5) is 5.69 Å². The molecule has 5 heteroatoms. The van der Waals surface area contributed by atoms with Crippen LogP contribution in [0.15, 0.2) is 18.2 Å². The fourth-order valence-electron chi connectivity index (χ4n) is 1.40. The van der Waals surface area contributed by atoms with Crippen molar-refractivity contribution in [3.8, 4) is 5.75 Å². The molecule has 0 aliphatic carbocycles. The third-order valence-electron chi connectivity index (χ3n) is 2.46. The summed E-state index contributed by atoms with van der Waals surface area (Å²) < 4.78 is 27.9. The fourth-order valence-corrected chi connectivity index (χ4v) is 2.25. The maximum absolute atomic E-state index is 11.2. The minimum atomic E-state index is -2.90. The third-order valence-corrected chi connectivity index (χ3v) is 4.25. The number of hydrogen-bond acceptors (Lipinski definition) is 4. The topological polar surface area (TPSA) is 69.4 Å². The van der Waals surface area contributed by atoms with Gasteiger partial charge in [-0.1, -0.05) is 13.0 Å². The van der Waals surface area contributed by atoms with Crippen LogP contribution in [0.5, 0.6) is 5.75 Å². The van der Waals surface area contributed by atoms with Crippen molar-refractivity contribution in [3.63, 3.8) is 0 Å². The molecular formula is C12H19NO3S. The van der Waals surface area contributed by atoms with Gasteiger partial charge in [-0.05, 0) is 31.0 Å². The molecule has 0 unspecified atom stereocenters. The molecule has 4 nitrogen and oxygen atoms in total. The van der Waals surface area contributed by atoms with Crippen molar-refractivity contribution in [2.45, 2.75) is 20.3 Å². The van der Waals surface area contributed by atoms with E-state index in [-0.39, 0.29) is 11.5 Å². The molecular weight excluding hydrogens is 238 g/mol. The Morgan fingerprint density at radius 2 is 2.06 bits per heavy atom. The fraction of sp³-hybridized carbons (Fsp3) is 0.500. The lowest BCUT2D eigenvalue weighted by Crippen LogP contribution is -2.12. The van der Waals surface area contributed by atoms with Crippen LogP contribution >= 0.6 is 0 Å². The summed E-state index contributed by atoms with van der Waals surface area (Å²) in [7, 11) is -2.90. The van der Waals surface area contributed by atoms with E-state index in [4.69, 9.17) is 10.5 Å². The second-order valence-electron chi connectivity index (χ2n) is 3.98. The molecule has 0 aromatic heterocycles. The van der Waals surface area contributed by atoms with Gasteiger partial charge < -0.3 is 10.5 Å². The quantitative estimate of drug-likeness (QED) is 0.623. The third kappa shape index (κ3) is 4.65. The first kappa shape index (κ1) is 13.8. The molecule has 0 saturated carbocycles. The first-order valence-electron chi connectivity index (χ1n) is 5.64. The van der Waals surface area contributed by atoms with E-state index in [1.54, 1.807) is 13.0 Å². The van der Waals surface area contributed by atoms with E-state index in [0.29, 0.717) is 24.5 Å². The summed E-state index contributed by atoms with van der Waals surface area (Å²) in [6.45, 7) is 3.97. The smallest absolute Gasteiger partial charge is 0.150 e. The van der Waals surface area contributed by atoms with Crippen LogP contribution < -0.4 is 10.5 Å². The number of nitrogens with two attached hydrogens (primary N) is 1. The molecule has 0 aliphatic heterocycles. The van der Waals surface area contributed by atoms with Crippen molar-refractivity contribution in [1.29, 1.82) is 0 Å². The van der Waals surface area contributed by atoms with Gasteiger partial charge in [-0.3, -0.25) is 0 Å². The van der Waals surface area contributed by atoms with Gasteiger partial charge in [-0.2, -0.15) is 0 Å². The molecule has 0 heterocycles. The second-order valence-corrected chi connectivity index (χ2v) is 6.45. The maximum atomic E-state index is 11.2. The van der Waals surface area contributed by atoms with Crippen LogP contribution in [0, 0.1) is 6.92 Å². The molecule has 1 rings (SSSR count). The molecule has 0 radical (unpaired) electrons. The van der Waals surface area contributed by atoms with Crippen LogP contribution in [0.1, 0.15) is 18.9 Å². The predicted octanol–water partition coefficient (Wildman–Crippen LogP) is 1.78. The summed E-state index contributed by atoms with van der Waals surface area (Å²) in [5, 5.41) is 0. The van der Waals surface area contributed by atoms with E-state index in [9.17, 15) is 8.42 Å². The second kappa shape index (κ2) is 5.91. The zero-order valence-corrected chi connectivity index (χ0v) is 11.1. The van der Waals surface area contributed by atoms with E-state index in [0.717, 1.165) is 5.56 Å². The van der Waals surface area contributed by atoms with Gasteiger partial charge in [0, 0.05) is 5.75 Å². The lowest BCUT2D eigenvalue weighted by atomic mass is 10.2. The summed E-state index contributed by atoms with van der Waals surface area (Å²) in [4.78, 5) is 0. The minimum absolute atomic E-state index is 0.162. The summed E-state index contributed by atoms with van der Waals surface area (Å²) in [5.41, 5.74) is 7.43. The molecule has 0 aliphatic rings. The molecule has 1 aromatic rings. The van der Waals surface area contributed by atoms with Gasteiger partial charge in [0.25, 0.3) is 0 Å². The highest BCUT2D eigenvalue weighted by atomic mass is 32.2. The summed E-state index contributed by atoms with van der Waals surface area (Å²) in [6.07, 6.45) is 0.490. The lowest BCUT2D eigenvalue weighted by molar-refractivity contribution is 0.319. The zero-order valence-electron chi connectivity index (χ0n) is 10.3. The molecule has 0 amide bonds. The number of rotatable bonds is 6. The number of ether oxygens (including phenoxy) is 1. The standard InChI is InChI=1S/C12H19NO3S/c1-3-17(14,15)8-4-7-16-12-6-5-10(2)9-11(12)13/h5-6,9H,3-4,7-8,13H2,1-2H3. The Morgan fingerprint density at radius 3 is 2.65 bits per heavy atom. The van der Waals surface area contributed by atoms with Crippen molar-refractivity contribution in [2.24, 2.45) is 0 Å². The normalized spacial score (nSPS) is 11.4. The van der Waals surface area contributed by atoms with E-state index < -0.39 is 9.84 Å². The van der Waals surface area contributed by atoms with Gasteiger partial charge in [-0.15, -0.1) is 0 Å². The highest BCUT2D eigenvalue weighted by Crippen LogP contribution is 2.22. The van der Waals surface area contributed by atoms with Crippen LogP contribution in [0.25, 0.3) is 0 Å². The molecule has 0 spiro atoms. The van der Waals surface area contributed by atoms with Crippen molar-refractivity contribution >= 4 is 15.5 Å². The SMILES string of the molecule is CCS(=O)(=O)CCCOc1ccc(C)cc1N. The number of aryl methyl sites for hydroxylation is 1. The van der Waals surface area contributed by atoms with Crippen LogP contribution in [-0.2, 0) is 9.84 Å². The average molecular weight is 257 g/mol. The van der Waals surface area contributed by atoms with Gasteiger partial charge in [0.15, 0.2) is 0 Å². The monoisotopic (exact) mass is 257 g/mol. The van der Waals surface area contributed by atoms with E-state index in [2.05, 4.69) is 0 Å². The van der Waals surface area contributed by atoms with Crippen molar-refractivity contribution in [3.05, 3.63) is 23.8 Å². The zero-order chi connectivity index (χ0) is 12.9. The van der Waals surface area contributed by atoms with Gasteiger partial charge in [-0.25, -0.2) is 8.42 Å². The summed E-state index contributed by atoms with van der Waals surface area (Å²) >= 11 is 0. The molecule has 96 valence electrons. The molecule has 17 heavy (non-hydrogen) atoms. The molecule has 0 bridgehead atoms. The molecule has 0 saturated heterocycles. The van der Waals surface area contributed by atoms with E-state index in [1.807, 2.05) is 19.1 Å². The Balaban J connectivity index is 2.41. The highest BCUT2D eigenvalue weighted by Gasteiger charge is 2.07. The Kier molecular flexibility index (Phi) is 4.81. The number of anilines is 1. The highest BCUT2D eigenvalue weighted by molar-refractivity contribution is 7.91. The number of benzene rings is 1. The number of nitrogen functional groups attached to an aromatic ring is 1. The lowest BCUT2D eigenvalue weighted by Gasteiger charge is -2.09. The van der Waals surface area contributed by atoms with Crippen molar-refractivity contribution in [2.75, 3.05) is 23.8 Å².